The second-order valence-corrected chi connectivity index (χ2v) is 8.67. The smallest absolute Gasteiger partial charge is 0.227 e. The fourth-order valence-electron chi connectivity index (χ4n) is 3.34. The van der Waals surface area contributed by atoms with E-state index < -0.39 is 10.0 Å². The maximum atomic E-state index is 12.8. The zero-order valence-electron chi connectivity index (χ0n) is 16.5. The average molecular weight is 400 g/mol. The molecule has 1 aromatic rings. The van der Waals surface area contributed by atoms with Crippen LogP contribution in [-0.2, 0) is 21.4 Å². The summed E-state index contributed by atoms with van der Waals surface area (Å²) >= 11 is 0. The summed E-state index contributed by atoms with van der Waals surface area (Å²) in [6.07, 6.45) is 2.55. The summed E-state index contributed by atoms with van der Waals surface area (Å²) in [5.41, 5.74) is 0.830. The van der Waals surface area contributed by atoms with Crippen molar-refractivity contribution < 1.29 is 27.4 Å². The van der Waals surface area contributed by atoms with Crippen LogP contribution < -0.4 is 14.2 Å². The molecule has 0 unspecified atom stereocenters. The van der Waals surface area contributed by atoms with Gasteiger partial charge in [0.1, 0.15) is 0 Å². The van der Waals surface area contributed by atoms with Gasteiger partial charge in [0.05, 0.1) is 33.5 Å². The fourth-order valence-corrected chi connectivity index (χ4v) is 4.25. The van der Waals surface area contributed by atoms with Crippen LogP contribution in [0.5, 0.6) is 17.2 Å². The number of rotatable bonds is 7. The number of amides is 1. The molecule has 1 amide bonds. The molecule has 152 valence electrons. The van der Waals surface area contributed by atoms with Gasteiger partial charge < -0.3 is 19.1 Å². The minimum Gasteiger partial charge on any atom is -0.493 e. The van der Waals surface area contributed by atoms with E-state index in [1.54, 1.807) is 24.1 Å². The molecule has 0 bridgehead atoms. The summed E-state index contributed by atoms with van der Waals surface area (Å²) in [5.74, 6) is 1.13. The van der Waals surface area contributed by atoms with Crippen LogP contribution in [0.15, 0.2) is 12.1 Å². The first-order valence-electron chi connectivity index (χ1n) is 8.70. The van der Waals surface area contributed by atoms with Crippen molar-refractivity contribution in [3.8, 4) is 17.2 Å². The van der Waals surface area contributed by atoms with E-state index in [4.69, 9.17) is 14.2 Å². The first kappa shape index (κ1) is 21.3. The van der Waals surface area contributed by atoms with Gasteiger partial charge in [-0.2, -0.15) is 0 Å². The Kier molecular flexibility index (Phi) is 6.94. The van der Waals surface area contributed by atoms with Crippen LogP contribution in [0.3, 0.4) is 0 Å². The topological polar surface area (TPSA) is 85.4 Å². The Morgan fingerprint density at radius 2 is 1.78 bits per heavy atom. The van der Waals surface area contributed by atoms with Crippen LogP contribution in [0.1, 0.15) is 18.4 Å². The van der Waals surface area contributed by atoms with Crippen LogP contribution in [0, 0.1) is 5.92 Å². The fraction of sp³-hybridized carbons (Fsp3) is 0.611. The lowest BCUT2D eigenvalue weighted by atomic mass is 9.98. The number of ether oxygens (including phenoxy) is 3. The molecule has 0 radical (unpaired) electrons. The lowest BCUT2D eigenvalue weighted by Gasteiger charge is -2.32. The molecule has 1 aliphatic heterocycles. The van der Waals surface area contributed by atoms with Crippen molar-refractivity contribution in [1.29, 1.82) is 0 Å². The van der Waals surface area contributed by atoms with E-state index in [2.05, 4.69) is 0 Å². The molecule has 8 nitrogen and oxygen atoms in total. The Bertz CT molecular complexity index is 755. The molecular weight excluding hydrogens is 372 g/mol. The number of nitrogens with zero attached hydrogens (tertiary/aromatic N) is 2. The van der Waals surface area contributed by atoms with Crippen LogP contribution in [0.25, 0.3) is 0 Å². The van der Waals surface area contributed by atoms with Gasteiger partial charge in [-0.05, 0) is 30.5 Å². The SMILES string of the molecule is COc1cc(CN(C)C(=O)[C@@H]2CCCN(S(C)(=O)=O)C2)cc(OC)c1OC. The second kappa shape index (κ2) is 8.79. The molecule has 0 saturated carbocycles. The molecule has 0 aliphatic carbocycles. The van der Waals surface area contributed by atoms with E-state index in [1.807, 2.05) is 0 Å². The number of piperidine rings is 1. The van der Waals surface area contributed by atoms with Gasteiger partial charge in [-0.25, -0.2) is 12.7 Å². The van der Waals surface area contributed by atoms with Crippen molar-refractivity contribution in [2.75, 3.05) is 47.7 Å². The van der Waals surface area contributed by atoms with Crippen molar-refractivity contribution in [3.05, 3.63) is 17.7 Å². The van der Waals surface area contributed by atoms with Gasteiger partial charge in [-0.3, -0.25) is 4.79 Å². The number of hydrogen-bond donors (Lipinski definition) is 0. The Balaban J connectivity index is 2.14. The maximum absolute atomic E-state index is 12.8. The summed E-state index contributed by atoms with van der Waals surface area (Å²) < 4.78 is 40.9. The van der Waals surface area contributed by atoms with Gasteiger partial charge in [0.15, 0.2) is 11.5 Å². The summed E-state index contributed by atoms with van der Waals surface area (Å²) in [6, 6.07) is 3.60. The van der Waals surface area contributed by atoms with Gasteiger partial charge in [-0.1, -0.05) is 0 Å². The average Bonchev–Trinajstić information content (AvgIpc) is 2.65. The molecular formula is C18H28N2O6S. The Morgan fingerprint density at radius 3 is 2.26 bits per heavy atom. The third-order valence-corrected chi connectivity index (χ3v) is 5.99. The van der Waals surface area contributed by atoms with Gasteiger partial charge in [0.25, 0.3) is 0 Å². The quantitative estimate of drug-likeness (QED) is 0.687. The minimum atomic E-state index is -3.29. The molecule has 0 aromatic heterocycles. The van der Waals surface area contributed by atoms with Gasteiger partial charge >= 0.3 is 0 Å². The minimum absolute atomic E-state index is 0.0721. The Morgan fingerprint density at radius 1 is 1.19 bits per heavy atom. The van der Waals surface area contributed by atoms with Crippen molar-refractivity contribution in [3.63, 3.8) is 0 Å². The molecule has 1 aliphatic rings. The maximum Gasteiger partial charge on any atom is 0.227 e. The Labute approximate surface area is 161 Å². The largest absolute Gasteiger partial charge is 0.493 e. The molecule has 9 heteroatoms. The van der Waals surface area contributed by atoms with Crippen LogP contribution in [0.4, 0.5) is 0 Å². The molecule has 1 atom stereocenters. The predicted octanol–water partition coefficient (Wildman–Crippen LogP) is 1.34. The van der Waals surface area contributed by atoms with Crippen molar-refractivity contribution in [2.45, 2.75) is 19.4 Å². The monoisotopic (exact) mass is 400 g/mol. The molecule has 1 saturated heterocycles. The van der Waals surface area contributed by atoms with E-state index in [9.17, 15) is 13.2 Å². The molecule has 1 fully saturated rings. The normalized spacial score (nSPS) is 18.0. The standard InChI is InChI=1S/C18H28N2O6S/c1-19(18(21)14-7-6-8-20(12-14)27(5,22)23)11-13-9-15(24-2)17(26-4)16(10-13)25-3/h9-10,14H,6-8,11-12H2,1-5H3/t14-/m1/s1. The van der Waals surface area contributed by atoms with Gasteiger partial charge in [0.2, 0.25) is 21.7 Å². The molecule has 0 spiro atoms. The number of hydrogen-bond acceptors (Lipinski definition) is 6. The highest BCUT2D eigenvalue weighted by molar-refractivity contribution is 7.88. The highest BCUT2D eigenvalue weighted by Gasteiger charge is 2.31. The highest BCUT2D eigenvalue weighted by Crippen LogP contribution is 2.38. The third kappa shape index (κ3) is 5.04. The van der Waals surface area contributed by atoms with Crippen molar-refractivity contribution in [2.24, 2.45) is 5.92 Å². The Hall–Kier alpha value is -2.00. The van der Waals surface area contributed by atoms with E-state index in [-0.39, 0.29) is 18.4 Å². The lowest BCUT2D eigenvalue weighted by molar-refractivity contribution is -0.135. The summed E-state index contributed by atoms with van der Waals surface area (Å²) in [7, 11) is 3.04. The molecule has 1 aromatic carbocycles. The summed E-state index contributed by atoms with van der Waals surface area (Å²) in [6.45, 7) is 1.06. The van der Waals surface area contributed by atoms with Gasteiger partial charge in [0, 0.05) is 26.7 Å². The van der Waals surface area contributed by atoms with Crippen molar-refractivity contribution in [1.82, 2.24) is 9.21 Å². The zero-order valence-corrected chi connectivity index (χ0v) is 17.3. The van der Waals surface area contributed by atoms with E-state index >= 15 is 0 Å². The lowest BCUT2D eigenvalue weighted by Crippen LogP contribution is -2.45. The number of benzene rings is 1. The van der Waals surface area contributed by atoms with E-state index in [1.165, 1.54) is 31.9 Å². The highest BCUT2D eigenvalue weighted by atomic mass is 32.2. The van der Waals surface area contributed by atoms with Crippen molar-refractivity contribution >= 4 is 15.9 Å². The van der Waals surface area contributed by atoms with Crippen LogP contribution >= 0.6 is 0 Å². The number of carbonyl (C=O) groups is 1. The second-order valence-electron chi connectivity index (χ2n) is 6.69. The first-order valence-corrected chi connectivity index (χ1v) is 10.5. The zero-order chi connectivity index (χ0) is 20.2. The third-order valence-electron chi connectivity index (χ3n) is 4.72. The molecule has 1 heterocycles. The van der Waals surface area contributed by atoms with E-state index in [0.29, 0.717) is 43.2 Å². The van der Waals surface area contributed by atoms with Crippen LogP contribution in [0.2, 0.25) is 0 Å². The van der Waals surface area contributed by atoms with Gasteiger partial charge in [-0.15, -0.1) is 0 Å². The number of carbonyl (C=O) groups excluding carboxylic acids is 1. The molecule has 27 heavy (non-hydrogen) atoms. The first-order chi connectivity index (χ1) is 12.7. The number of methoxy groups -OCH3 is 3. The molecule has 2 rings (SSSR count). The molecule has 0 N–H and O–H groups in total. The van der Waals surface area contributed by atoms with E-state index in [0.717, 1.165) is 5.56 Å². The predicted molar refractivity (Wildman–Crippen MR) is 102 cm³/mol. The number of sulfonamides is 1. The summed E-state index contributed by atoms with van der Waals surface area (Å²) in [5, 5.41) is 0. The summed E-state index contributed by atoms with van der Waals surface area (Å²) in [4.78, 5) is 14.4. The van der Waals surface area contributed by atoms with Crippen LogP contribution in [-0.4, -0.2) is 71.3 Å².